The van der Waals surface area contributed by atoms with Crippen molar-refractivity contribution in [1.82, 2.24) is 15.3 Å². The number of nitrogens with one attached hydrogen (secondary N) is 1. The van der Waals surface area contributed by atoms with Gasteiger partial charge in [-0.25, -0.2) is 4.98 Å². The number of carbonyl (C=O) groups is 2. The molecule has 0 fully saturated rings. The molecule has 2 aromatic carbocycles. The predicted molar refractivity (Wildman–Crippen MR) is 138 cm³/mol. The molecule has 180 valence electrons. The van der Waals surface area contributed by atoms with Gasteiger partial charge in [0.2, 0.25) is 5.91 Å². The highest BCUT2D eigenvalue weighted by atomic mass is 35.5. The molecule has 8 heteroatoms. The Morgan fingerprint density at radius 2 is 1.81 bits per heavy atom. The monoisotopic (exact) mass is 498 g/mol. The molecule has 1 aliphatic rings. The largest absolute Gasteiger partial charge is 0.457 e. The van der Waals surface area contributed by atoms with Crippen molar-refractivity contribution in [3.63, 3.8) is 0 Å². The Balaban J connectivity index is 1.32. The minimum Gasteiger partial charge on any atom is -0.457 e. The maximum absolute atomic E-state index is 13.3. The molecule has 0 saturated heterocycles. The van der Waals surface area contributed by atoms with Crippen LogP contribution in [-0.4, -0.2) is 34.9 Å². The topological polar surface area (TPSA) is 84.4 Å². The van der Waals surface area contributed by atoms with Crippen LogP contribution >= 0.6 is 11.6 Å². The van der Waals surface area contributed by atoms with Gasteiger partial charge in [-0.2, -0.15) is 0 Å². The van der Waals surface area contributed by atoms with E-state index in [1.54, 1.807) is 36.3 Å². The first-order valence-electron chi connectivity index (χ1n) is 11.5. The van der Waals surface area contributed by atoms with Gasteiger partial charge in [0.05, 0.1) is 0 Å². The van der Waals surface area contributed by atoms with E-state index in [1.807, 2.05) is 54.6 Å². The van der Waals surface area contributed by atoms with E-state index < -0.39 is 11.9 Å². The van der Waals surface area contributed by atoms with Gasteiger partial charge in [-0.3, -0.25) is 14.6 Å². The highest BCUT2D eigenvalue weighted by molar-refractivity contribution is 6.29. The summed E-state index contributed by atoms with van der Waals surface area (Å²) in [5.74, 6) is 0.522. The Kier molecular flexibility index (Phi) is 6.64. The molecule has 1 atom stereocenters. The van der Waals surface area contributed by atoms with Crippen LogP contribution in [0.2, 0.25) is 5.15 Å². The first-order chi connectivity index (χ1) is 17.5. The van der Waals surface area contributed by atoms with E-state index in [4.69, 9.17) is 16.3 Å². The molecule has 7 nitrogen and oxygen atoms in total. The lowest BCUT2D eigenvalue weighted by Crippen LogP contribution is -2.46. The third kappa shape index (κ3) is 5.06. The van der Waals surface area contributed by atoms with Crippen molar-refractivity contribution >= 4 is 29.1 Å². The lowest BCUT2D eigenvalue weighted by Gasteiger charge is -2.22. The van der Waals surface area contributed by atoms with Gasteiger partial charge >= 0.3 is 0 Å². The van der Waals surface area contributed by atoms with Gasteiger partial charge in [-0.1, -0.05) is 41.9 Å². The predicted octanol–water partition coefficient (Wildman–Crippen LogP) is 5.30. The highest BCUT2D eigenvalue weighted by Gasteiger charge is 2.30. The lowest BCUT2D eigenvalue weighted by molar-refractivity contribution is -0.120. The van der Waals surface area contributed by atoms with Crippen molar-refractivity contribution in [2.45, 2.75) is 18.9 Å². The van der Waals surface area contributed by atoms with Crippen LogP contribution in [0.1, 0.15) is 22.5 Å². The Morgan fingerprint density at radius 3 is 2.58 bits per heavy atom. The van der Waals surface area contributed by atoms with Crippen molar-refractivity contribution in [3.8, 4) is 22.6 Å². The third-order valence-corrected chi connectivity index (χ3v) is 6.31. The number of carbonyl (C=O) groups excluding carboxylic acids is 2. The van der Waals surface area contributed by atoms with E-state index in [1.165, 1.54) is 6.20 Å². The van der Waals surface area contributed by atoms with Crippen molar-refractivity contribution in [1.29, 1.82) is 0 Å². The van der Waals surface area contributed by atoms with Gasteiger partial charge < -0.3 is 15.0 Å². The van der Waals surface area contributed by atoms with Gasteiger partial charge in [0.15, 0.2) is 0 Å². The fourth-order valence-corrected chi connectivity index (χ4v) is 4.29. The number of hydrogen-bond donors (Lipinski definition) is 1. The summed E-state index contributed by atoms with van der Waals surface area (Å²) in [5.41, 5.74) is 3.85. The zero-order valence-electron chi connectivity index (χ0n) is 19.5. The van der Waals surface area contributed by atoms with Crippen LogP contribution < -0.4 is 15.0 Å². The van der Waals surface area contributed by atoms with E-state index in [0.717, 1.165) is 22.4 Å². The summed E-state index contributed by atoms with van der Waals surface area (Å²) in [4.78, 5) is 36.2. The van der Waals surface area contributed by atoms with E-state index in [9.17, 15) is 9.59 Å². The number of aromatic nitrogens is 2. The summed E-state index contributed by atoms with van der Waals surface area (Å²) in [6.45, 7) is 0. The second kappa shape index (κ2) is 10.2. The van der Waals surface area contributed by atoms with Gasteiger partial charge in [-0.05, 0) is 60.4 Å². The number of benzene rings is 2. The second-order valence-electron chi connectivity index (χ2n) is 8.47. The molecule has 2 aromatic heterocycles. The van der Waals surface area contributed by atoms with Crippen molar-refractivity contribution in [2.75, 3.05) is 11.9 Å². The number of anilines is 1. The van der Waals surface area contributed by atoms with Gasteiger partial charge in [0, 0.05) is 36.8 Å². The van der Waals surface area contributed by atoms with Gasteiger partial charge in [-0.15, -0.1) is 0 Å². The summed E-state index contributed by atoms with van der Waals surface area (Å²) < 4.78 is 5.81. The Morgan fingerprint density at radius 1 is 1.00 bits per heavy atom. The summed E-state index contributed by atoms with van der Waals surface area (Å²) in [6.07, 6.45) is 4.33. The average molecular weight is 499 g/mol. The van der Waals surface area contributed by atoms with Crippen molar-refractivity contribution in [3.05, 3.63) is 102 Å². The number of ether oxygens (including phenoxy) is 1. The van der Waals surface area contributed by atoms with Crippen LogP contribution in [0.25, 0.3) is 11.1 Å². The van der Waals surface area contributed by atoms with Gasteiger partial charge in [0.1, 0.15) is 28.4 Å². The summed E-state index contributed by atoms with van der Waals surface area (Å²) in [6, 6.07) is 21.4. The first kappa shape index (κ1) is 23.5. The molecule has 1 N–H and O–H groups in total. The van der Waals surface area contributed by atoms with Crippen LogP contribution in [0.3, 0.4) is 0 Å². The van der Waals surface area contributed by atoms with Crippen molar-refractivity contribution < 1.29 is 14.3 Å². The van der Waals surface area contributed by atoms with Crippen LogP contribution in [0.4, 0.5) is 5.69 Å². The molecule has 5 rings (SSSR count). The van der Waals surface area contributed by atoms with Crippen LogP contribution in [0, 0.1) is 0 Å². The number of para-hydroxylation sites is 1. The number of likely N-dealkylation sites (N-methyl/N-ethyl adjacent to an activating group) is 1. The fraction of sp³-hybridized carbons (Fsp3) is 0.143. The quantitative estimate of drug-likeness (QED) is 0.377. The number of amides is 2. The number of rotatable bonds is 5. The van der Waals surface area contributed by atoms with Crippen LogP contribution in [-0.2, 0) is 11.2 Å². The molecule has 0 spiro atoms. The summed E-state index contributed by atoms with van der Waals surface area (Å²) in [7, 11) is 1.72. The smallest absolute Gasteiger partial charge is 0.270 e. The fourth-order valence-electron chi connectivity index (χ4n) is 4.18. The minimum absolute atomic E-state index is 0.179. The number of fused-ring (bicyclic) bond motifs is 1. The zero-order valence-corrected chi connectivity index (χ0v) is 20.3. The maximum atomic E-state index is 13.3. The average Bonchev–Trinajstić information content (AvgIpc) is 3.02. The molecule has 3 heterocycles. The van der Waals surface area contributed by atoms with E-state index >= 15 is 0 Å². The van der Waals surface area contributed by atoms with Crippen molar-refractivity contribution in [2.24, 2.45) is 0 Å². The van der Waals surface area contributed by atoms with E-state index in [2.05, 4.69) is 15.3 Å². The lowest BCUT2D eigenvalue weighted by atomic mass is 10.0. The number of hydrogen-bond acceptors (Lipinski definition) is 5. The SMILES string of the molecule is CN1C(=O)C(NC(=O)c2cc(Oc3ccccc3)ccn2)CCc2ccc(-c3ccc(Cl)nc3)cc21. The number of nitrogens with zero attached hydrogens (tertiary/aromatic N) is 3. The van der Waals surface area contributed by atoms with E-state index in [0.29, 0.717) is 29.5 Å². The van der Waals surface area contributed by atoms with Gasteiger partial charge in [0.25, 0.3) is 5.91 Å². The molecule has 0 saturated carbocycles. The summed E-state index contributed by atoms with van der Waals surface area (Å²) >= 11 is 5.92. The molecular weight excluding hydrogens is 476 g/mol. The third-order valence-electron chi connectivity index (χ3n) is 6.09. The molecule has 2 amide bonds. The molecule has 36 heavy (non-hydrogen) atoms. The first-order valence-corrected chi connectivity index (χ1v) is 11.9. The molecule has 4 aromatic rings. The maximum Gasteiger partial charge on any atom is 0.270 e. The van der Waals surface area contributed by atoms with E-state index in [-0.39, 0.29) is 11.6 Å². The minimum atomic E-state index is -0.684. The number of halogens is 1. The standard InChI is InChI=1S/C28H23ClN4O3/c1-33-25-15-19(20-10-12-26(29)31-17-20)8-7-18(25)9-11-23(28(33)35)32-27(34)24-16-22(13-14-30-24)36-21-5-3-2-4-6-21/h2-8,10,12-17,23H,9,11H2,1H3,(H,32,34). The van der Waals surface area contributed by atoms with Crippen LogP contribution in [0.5, 0.6) is 11.5 Å². The second-order valence-corrected chi connectivity index (χ2v) is 8.85. The Bertz CT molecular complexity index is 1410. The number of pyridine rings is 2. The molecule has 0 bridgehead atoms. The molecule has 0 aliphatic carbocycles. The zero-order chi connectivity index (χ0) is 25.1. The molecule has 1 aliphatic heterocycles. The Hall–Kier alpha value is -4.23. The summed E-state index contributed by atoms with van der Waals surface area (Å²) in [5, 5.41) is 3.28. The normalized spacial score (nSPS) is 15.1. The Labute approximate surface area is 213 Å². The number of aryl methyl sites for hydroxylation is 1. The highest BCUT2D eigenvalue weighted by Crippen LogP contribution is 2.31. The molecular formula is C28H23ClN4O3. The van der Waals surface area contributed by atoms with Crippen LogP contribution in [0.15, 0.2) is 85.2 Å². The molecule has 0 radical (unpaired) electrons. The molecule has 1 unspecified atom stereocenters.